The molecule has 0 unspecified atom stereocenters. The molecule has 3 aromatic rings. The van der Waals surface area contributed by atoms with Crippen molar-refractivity contribution in [1.29, 1.82) is 0 Å². The van der Waals surface area contributed by atoms with Gasteiger partial charge in [-0.3, -0.25) is 13.9 Å². The summed E-state index contributed by atoms with van der Waals surface area (Å²) in [7, 11) is -2.87. The Bertz CT molecular complexity index is 1430. The van der Waals surface area contributed by atoms with Crippen LogP contribution in [0.3, 0.4) is 0 Å². The minimum Gasteiger partial charge on any atom is -0.497 e. The maximum absolute atomic E-state index is 13.9. The van der Waals surface area contributed by atoms with E-state index in [0.29, 0.717) is 11.3 Å². The third-order valence-electron chi connectivity index (χ3n) is 6.03. The highest BCUT2D eigenvalue weighted by Crippen LogP contribution is 2.29. The fourth-order valence-electron chi connectivity index (χ4n) is 3.85. The third kappa shape index (κ3) is 7.44. The van der Waals surface area contributed by atoms with Gasteiger partial charge in [0.05, 0.1) is 17.7 Å². The smallest absolute Gasteiger partial charge is 0.264 e. The lowest BCUT2D eigenvalue weighted by Crippen LogP contribution is -2.52. The Morgan fingerprint density at radius 2 is 1.52 bits per heavy atom. The van der Waals surface area contributed by atoms with Crippen molar-refractivity contribution in [2.75, 3.05) is 18.0 Å². The van der Waals surface area contributed by atoms with Gasteiger partial charge in [0.25, 0.3) is 10.0 Å². The van der Waals surface area contributed by atoms with E-state index in [0.717, 1.165) is 16.4 Å². The molecule has 0 heterocycles. The predicted molar refractivity (Wildman–Crippen MR) is 154 cm³/mol. The molecule has 214 valence electrons. The van der Waals surface area contributed by atoms with Crippen LogP contribution in [0.2, 0.25) is 10.0 Å². The second-order valence-corrected chi connectivity index (χ2v) is 11.9. The zero-order valence-electron chi connectivity index (χ0n) is 22.4. The first-order valence-corrected chi connectivity index (χ1v) is 14.5. The number of ether oxygens (including phenoxy) is 1. The van der Waals surface area contributed by atoms with Crippen LogP contribution in [0.5, 0.6) is 5.75 Å². The molecule has 0 aliphatic rings. The zero-order valence-corrected chi connectivity index (χ0v) is 24.7. The number of carbonyl (C=O) groups excluding carboxylic acids is 2. The predicted octanol–water partition coefficient (Wildman–Crippen LogP) is 5.28. The summed E-state index contributed by atoms with van der Waals surface area (Å²) < 4.78 is 47.3. The number of hydrogen-bond donors (Lipinski definition) is 1. The Hall–Kier alpha value is -3.34. The van der Waals surface area contributed by atoms with Gasteiger partial charge in [-0.25, -0.2) is 12.8 Å². The number of methoxy groups -OCH3 is 1. The molecule has 0 aliphatic heterocycles. The summed E-state index contributed by atoms with van der Waals surface area (Å²) in [6.07, 6.45) is 0. The van der Waals surface area contributed by atoms with Crippen molar-refractivity contribution in [3.05, 3.63) is 88.2 Å². The molecule has 1 N–H and O–H groups in total. The van der Waals surface area contributed by atoms with Crippen LogP contribution in [0.4, 0.5) is 10.1 Å². The first-order valence-electron chi connectivity index (χ1n) is 12.3. The molecule has 12 heteroatoms. The van der Waals surface area contributed by atoms with Gasteiger partial charge in [0.2, 0.25) is 11.8 Å². The molecular formula is C28H30Cl2FN3O5S. The minimum absolute atomic E-state index is 0.0561. The molecule has 0 radical (unpaired) electrons. The quantitative estimate of drug-likeness (QED) is 0.319. The second kappa shape index (κ2) is 13.3. The van der Waals surface area contributed by atoms with Gasteiger partial charge in [-0.15, -0.1) is 0 Å². The van der Waals surface area contributed by atoms with E-state index in [1.54, 1.807) is 32.0 Å². The maximum atomic E-state index is 13.9. The van der Waals surface area contributed by atoms with Gasteiger partial charge in [0.1, 0.15) is 24.2 Å². The Morgan fingerprint density at radius 3 is 2.05 bits per heavy atom. The fraction of sp³-hybridized carbons (Fsp3) is 0.286. The highest BCUT2D eigenvalue weighted by atomic mass is 35.5. The lowest BCUT2D eigenvalue weighted by Gasteiger charge is -2.32. The summed E-state index contributed by atoms with van der Waals surface area (Å²) >= 11 is 12.7. The number of carbonyl (C=O) groups is 2. The van der Waals surface area contributed by atoms with Crippen LogP contribution >= 0.6 is 23.2 Å². The molecule has 0 aliphatic carbocycles. The number of hydrogen-bond acceptors (Lipinski definition) is 5. The van der Waals surface area contributed by atoms with Gasteiger partial charge in [0.15, 0.2) is 0 Å². The number of halogens is 3. The van der Waals surface area contributed by atoms with Crippen LogP contribution in [0.15, 0.2) is 71.6 Å². The van der Waals surface area contributed by atoms with E-state index in [2.05, 4.69) is 5.32 Å². The Labute approximate surface area is 243 Å². The first kappa shape index (κ1) is 31.2. The molecule has 0 fully saturated rings. The van der Waals surface area contributed by atoms with Crippen LogP contribution < -0.4 is 14.4 Å². The average Bonchev–Trinajstić information content (AvgIpc) is 2.91. The molecule has 0 spiro atoms. The molecule has 2 amide bonds. The molecular weight excluding hydrogens is 580 g/mol. The topological polar surface area (TPSA) is 96.0 Å². The third-order valence-corrected chi connectivity index (χ3v) is 8.53. The van der Waals surface area contributed by atoms with Gasteiger partial charge in [0, 0.05) is 28.2 Å². The van der Waals surface area contributed by atoms with Crippen molar-refractivity contribution >= 4 is 50.7 Å². The molecule has 3 rings (SSSR count). The molecule has 0 saturated heterocycles. The van der Waals surface area contributed by atoms with Crippen LogP contribution in [0.25, 0.3) is 0 Å². The van der Waals surface area contributed by atoms with Crippen LogP contribution in [0.1, 0.15) is 26.3 Å². The largest absolute Gasteiger partial charge is 0.497 e. The van der Waals surface area contributed by atoms with E-state index in [-0.39, 0.29) is 33.2 Å². The molecule has 0 aromatic heterocycles. The standard InChI is InChI=1S/C28H30Cl2FN3O5S/c1-18(2)32-28(36)19(3)33(16-24-25(29)6-5-7-26(24)30)27(35)17-34(21-10-8-20(31)9-11-21)40(37,38)23-14-12-22(39-4)13-15-23/h5-15,18-19H,16-17H2,1-4H3,(H,32,36)/t19-/m0/s1. The summed E-state index contributed by atoms with van der Waals surface area (Å²) in [6, 6.07) is 14.0. The first-order chi connectivity index (χ1) is 18.8. The van der Waals surface area contributed by atoms with E-state index < -0.39 is 40.2 Å². The summed E-state index contributed by atoms with van der Waals surface area (Å²) in [4.78, 5) is 28.0. The highest BCUT2D eigenvalue weighted by molar-refractivity contribution is 7.92. The number of nitrogens with one attached hydrogen (secondary N) is 1. The molecule has 40 heavy (non-hydrogen) atoms. The minimum atomic E-state index is -4.32. The van der Waals surface area contributed by atoms with Crippen molar-refractivity contribution in [2.24, 2.45) is 0 Å². The number of rotatable bonds is 11. The van der Waals surface area contributed by atoms with E-state index in [9.17, 15) is 22.4 Å². The summed E-state index contributed by atoms with van der Waals surface area (Å²) in [6.45, 7) is 4.23. The van der Waals surface area contributed by atoms with Crippen LogP contribution in [0, 0.1) is 5.82 Å². The van der Waals surface area contributed by atoms with E-state index in [1.165, 1.54) is 55.3 Å². The lowest BCUT2D eigenvalue weighted by atomic mass is 10.1. The number of nitrogens with zero attached hydrogens (tertiary/aromatic N) is 2. The van der Waals surface area contributed by atoms with Crippen molar-refractivity contribution in [3.63, 3.8) is 0 Å². The van der Waals surface area contributed by atoms with Gasteiger partial charge >= 0.3 is 0 Å². The summed E-state index contributed by atoms with van der Waals surface area (Å²) in [5.41, 5.74) is 0.454. The highest BCUT2D eigenvalue weighted by Gasteiger charge is 2.33. The lowest BCUT2D eigenvalue weighted by molar-refractivity contribution is -0.139. The van der Waals surface area contributed by atoms with Crippen LogP contribution in [-0.4, -0.2) is 50.9 Å². The molecule has 8 nitrogen and oxygen atoms in total. The maximum Gasteiger partial charge on any atom is 0.264 e. The van der Waals surface area contributed by atoms with Gasteiger partial charge in [-0.05, 0) is 81.4 Å². The molecule has 1 atom stereocenters. The van der Waals surface area contributed by atoms with Crippen molar-refractivity contribution in [1.82, 2.24) is 10.2 Å². The van der Waals surface area contributed by atoms with Crippen molar-refractivity contribution in [2.45, 2.75) is 44.3 Å². The van der Waals surface area contributed by atoms with Crippen molar-refractivity contribution < 1.29 is 27.1 Å². The van der Waals surface area contributed by atoms with Crippen molar-refractivity contribution in [3.8, 4) is 5.75 Å². The van der Waals surface area contributed by atoms with E-state index in [4.69, 9.17) is 27.9 Å². The molecule has 3 aromatic carbocycles. The van der Waals surface area contributed by atoms with E-state index in [1.807, 2.05) is 0 Å². The average molecular weight is 611 g/mol. The van der Waals surface area contributed by atoms with Crippen LogP contribution in [-0.2, 0) is 26.2 Å². The SMILES string of the molecule is COc1ccc(S(=O)(=O)N(CC(=O)N(Cc2c(Cl)cccc2Cl)[C@@H](C)C(=O)NC(C)C)c2ccc(F)cc2)cc1. The number of benzene rings is 3. The fourth-order valence-corrected chi connectivity index (χ4v) is 5.78. The van der Waals surface area contributed by atoms with Gasteiger partial charge in [-0.1, -0.05) is 29.3 Å². The number of sulfonamides is 1. The Kier molecular flexibility index (Phi) is 10.4. The summed E-state index contributed by atoms with van der Waals surface area (Å²) in [5, 5.41) is 3.33. The molecule has 0 saturated carbocycles. The molecule has 0 bridgehead atoms. The van der Waals surface area contributed by atoms with Gasteiger partial charge in [-0.2, -0.15) is 0 Å². The Morgan fingerprint density at radius 1 is 0.950 bits per heavy atom. The summed E-state index contributed by atoms with van der Waals surface area (Å²) in [5.74, 6) is -1.29. The normalized spacial score (nSPS) is 12.1. The zero-order chi connectivity index (χ0) is 29.6. The second-order valence-electron chi connectivity index (χ2n) is 9.22. The monoisotopic (exact) mass is 609 g/mol. The Balaban J connectivity index is 2.06. The number of amides is 2. The van der Waals surface area contributed by atoms with E-state index >= 15 is 0 Å². The van der Waals surface area contributed by atoms with Gasteiger partial charge < -0.3 is 15.0 Å². The number of anilines is 1.